The Bertz CT molecular complexity index is 1740. The van der Waals surface area contributed by atoms with Crippen LogP contribution in [0.25, 0.3) is 10.8 Å². The molecule has 0 saturated carbocycles. The molecule has 2 atom stereocenters. The summed E-state index contributed by atoms with van der Waals surface area (Å²) in [6, 6.07) is 34.4. The van der Waals surface area contributed by atoms with Gasteiger partial charge in [-0.1, -0.05) is 91.0 Å². The highest BCUT2D eigenvalue weighted by molar-refractivity contribution is 5.87. The van der Waals surface area contributed by atoms with Crippen LogP contribution in [0.5, 0.6) is 0 Å². The van der Waals surface area contributed by atoms with Crippen molar-refractivity contribution >= 4 is 16.7 Å². The number of hydrogen-bond acceptors (Lipinski definition) is 3. The van der Waals surface area contributed by atoms with Crippen LogP contribution in [-0.2, 0) is 30.6 Å². The van der Waals surface area contributed by atoms with Crippen molar-refractivity contribution in [2.24, 2.45) is 0 Å². The van der Waals surface area contributed by atoms with Crippen LogP contribution in [-0.4, -0.2) is 39.3 Å². The van der Waals surface area contributed by atoms with E-state index in [2.05, 4.69) is 88.7 Å². The maximum atomic E-state index is 14.9. The van der Waals surface area contributed by atoms with Gasteiger partial charge in [-0.05, 0) is 76.9 Å². The SMILES string of the molecule is CC(C(=O)N(Cc1ncccc1F)C1Cc2ccccc2C1)N1CCc2ccccc2C1c1cccc2ccccc12. The number of rotatable bonds is 6. The molecule has 1 amide bonds. The van der Waals surface area contributed by atoms with Gasteiger partial charge < -0.3 is 4.90 Å². The fourth-order valence-corrected chi connectivity index (χ4v) is 7.06. The summed E-state index contributed by atoms with van der Waals surface area (Å²) in [5.74, 6) is -0.360. The molecule has 5 heteroatoms. The predicted molar refractivity (Wildman–Crippen MR) is 164 cm³/mol. The van der Waals surface area contributed by atoms with Crippen LogP contribution in [0.15, 0.2) is 109 Å². The van der Waals surface area contributed by atoms with Crippen LogP contribution in [0, 0.1) is 5.82 Å². The fourth-order valence-electron chi connectivity index (χ4n) is 7.06. The second-order valence-electron chi connectivity index (χ2n) is 11.6. The second kappa shape index (κ2) is 11.1. The minimum absolute atomic E-state index is 0.0162. The van der Waals surface area contributed by atoms with Crippen molar-refractivity contribution in [3.05, 3.63) is 149 Å². The third-order valence-corrected chi connectivity index (χ3v) is 9.20. The maximum Gasteiger partial charge on any atom is 0.240 e. The Kier molecular flexibility index (Phi) is 7.04. The lowest BCUT2D eigenvalue weighted by atomic mass is 9.85. The van der Waals surface area contributed by atoms with Crippen molar-refractivity contribution < 1.29 is 9.18 Å². The molecular weight excluding hydrogens is 521 g/mol. The minimum Gasteiger partial charge on any atom is -0.332 e. The molecule has 0 spiro atoms. The van der Waals surface area contributed by atoms with Gasteiger partial charge in [-0.25, -0.2) is 4.39 Å². The molecule has 1 aromatic heterocycles. The van der Waals surface area contributed by atoms with Crippen molar-refractivity contribution in [2.45, 2.75) is 50.9 Å². The van der Waals surface area contributed by atoms with E-state index in [1.807, 2.05) is 24.0 Å². The van der Waals surface area contributed by atoms with E-state index < -0.39 is 6.04 Å². The summed E-state index contributed by atoms with van der Waals surface area (Å²) in [6.45, 7) is 2.94. The van der Waals surface area contributed by atoms with E-state index >= 15 is 0 Å². The smallest absolute Gasteiger partial charge is 0.240 e. The van der Waals surface area contributed by atoms with Gasteiger partial charge in [0.25, 0.3) is 0 Å². The van der Waals surface area contributed by atoms with Crippen molar-refractivity contribution in [3.63, 3.8) is 0 Å². The van der Waals surface area contributed by atoms with Gasteiger partial charge in [0.2, 0.25) is 5.91 Å². The largest absolute Gasteiger partial charge is 0.332 e. The number of fused-ring (bicyclic) bond motifs is 3. The Morgan fingerprint density at radius 1 is 0.857 bits per heavy atom. The zero-order valence-electron chi connectivity index (χ0n) is 23.8. The van der Waals surface area contributed by atoms with E-state index in [9.17, 15) is 9.18 Å². The molecule has 0 N–H and O–H groups in total. The number of hydrogen-bond donors (Lipinski definition) is 0. The number of benzene rings is 4. The third-order valence-electron chi connectivity index (χ3n) is 9.20. The van der Waals surface area contributed by atoms with Crippen molar-refractivity contribution in [2.75, 3.05) is 6.54 Å². The van der Waals surface area contributed by atoms with Gasteiger partial charge in [0, 0.05) is 18.8 Å². The quantitative estimate of drug-likeness (QED) is 0.229. The topological polar surface area (TPSA) is 36.4 Å². The van der Waals surface area contributed by atoms with Crippen LogP contribution in [0.1, 0.15) is 46.5 Å². The number of aromatic nitrogens is 1. The lowest BCUT2D eigenvalue weighted by molar-refractivity contribution is -0.140. The Balaban J connectivity index is 1.28. The molecule has 210 valence electrons. The minimum atomic E-state index is -0.419. The molecule has 2 aliphatic rings. The van der Waals surface area contributed by atoms with Crippen molar-refractivity contribution in [1.29, 1.82) is 0 Å². The van der Waals surface area contributed by atoms with E-state index in [0.29, 0.717) is 5.69 Å². The summed E-state index contributed by atoms with van der Waals surface area (Å²) < 4.78 is 14.9. The molecule has 4 nitrogen and oxygen atoms in total. The van der Waals surface area contributed by atoms with E-state index in [0.717, 1.165) is 25.8 Å². The lowest BCUT2D eigenvalue weighted by Gasteiger charge is -2.43. The molecule has 4 aromatic carbocycles. The summed E-state index contributed by atoms with van der Waals surface area (Å²) in [5, 5.41) is 2.39. The van der Waals surface area contributed by atoms with Gasteiger partial charge in [0.1, 0.15) is 5.82 Å². The molecule has 0 radical (unpaired) electrons. The number of amides is 1. The molecule has 2 unspecified atom stereocenters. The Morgan fingerprint density at radius 2 is 1.52 bits per heavy atom. The van der Waals surface area contributed by atoms with Crippen LogP contribution in [0.3, 0.4) is 0 Å². The van der Waals surface area contributed by atoms with Crippen LogP contribution in [0.2, 0.25) is 0 Å². The number of pyridine rings is 1. The monoisotopic (exact) mass is 555 g/mol. The van der Waals surface area contributed by atoms with Gasteiger partial charge in [-0.3, -0.25) is 14.7 Å². The first-order valence-electron chi connectivity index (χ1n) is 14.9. The lowest BCUT2D eigenvalue weighted by Crippen LogP contribution is -2.53. The number of halogens is 1. The van der Waals surface area contributed by atoms with Crippen LogP contribution >= 0.6 is 0 Å². The highest BCUT2D eigenvalue weighted by Crippen LogP contribution is 2.40. The normalized spacial score (nSPS) is 17.5. The summed E-state index contributed by atoms with van der Waals surface area (Å²) >= 11 is 0. The highest BCUT2D eigenvalue weighted by atomic mass is 19.1. The number of carbonyl (C=O) groups excluding carboxylic acids is 1. The molecule has 0 fully saturated rings. The maximum absolute atomic E-state index is 14.9. The Labute approximate surface area is 246 Å². The van der Waals surface area contributed by atoms with Crippen molar-refractivity contribution in [1.82, 2.24) is 14.8 Å². The van der Waals surface area contributed by atoms with E-state index in [1.165, 1.54) is 44.7 Å². The van der Waals surface area contributed by atoms with Gasteiger partial charge in [-0.2, -0.15) is 0 Å². The first kappa shape index (κ1) is 26.5. The summed E-state index contributed by atoms with van der Waals surface area (Å²) in [4.78, 5) is 23.3. The number of carbonyl (C=O) groups is 1. The van der Waals surface area contributed by atoms with E-state index in [-0.39, 0.29) is 30.4 Å². The van der Waals surface area contributed by atoms with E-state index in [4.69, 9.17) is 0 Å². The first-order chi connectivity index (χ1) is 20.6. The summed E-state index contributed by atoms with van der Waals surface area (Å²) in [5.41, 5.74) is 6.60. The summed E-state index contributed by atoms with van der Waals surface area (Å²) in [7, 11) is 0. The molecule has 1 aliphatic carbocycles. The van der Waals surface area contributed by atoms with Crippen LogP contribution < -0.4 is 0 Å². The van der Waals surface area contributed by atoms with Gasteiger partial charge >= 0.3 is 0 Å². The fraction of sp³-hybridized carbons (Fsp3) is 0.243. The van der Waals surface area contributed by atoms with Crippen LogP contribution in [0.4, 0.5) is 4.39 Å². The molecule has 0 bridgehead atoms. The molecule has 7 rings (SSSR count). The zero-order chi connectivity index (χ0) is 28.6. The molecular formula is C37H34FN3O. The van der Waals surface area contributed by atoms with Gasteiger partial charge in [0.05, 0.1) is 24.3 Å². The number of nitrogens with zero attached hydrogens (tertiary/aromatic N) is 3. The molecule has 42 heavy (non-hydrogen) atoms. The first-order valence-corrected chi connectivity index (χ1v) is 14.9. The van der Waals surface area contributed by atoms with Gasteiger partial charge in [-0.15, -0.1) is 0 Å². The summed E-state index contributed by atoms with van der Waals surface area (Å²) in [6.07, 6.45) is 4.00. The second-order valence-corrected chi connectivity index (χ2v) is 11.6. The van der Waals surface area contributed by atoms with E-state index in [1.54, 1.807) is 12.3 Å². The standard InChI is InChI=1S/C37H34FN3O/c1-25(37(42)41(24-35-34(38)18-9-20-39-35)30-22-28-12-2-3-13-29(28)23-30)40-21-19-27-11-5-7-16-32(27)36(40)33-17-8-14-26-10-4-6-15-31(26)33/h2-18,20,25,30,36H,19,21-24H2,1H3. The average molecular weight is 556 g/mol. The van der Waals surface area contributed by atoms with Crippen molar-refractivity contribution in [3.8, 4) is 0 Å². The highest BCUT2D eigenvalue weighted by Gasteiger charge is 2.39. The zero-order valence-corrected chi connectivity index (χ0v) is 23.8. The Morgan fingerprint density at radius 3 is 2.31 bits per heavy atom. The van der Waals surface area contributed by atoms with Gasteiger partial charge in [0.15, 0.2) is 0 Å². The molecule has 5 aromatic rings. The Hall–Kier alpha value is -4.35. The average Bonchev–Trinajstić information content (AvgIpc) is 3.47. The molecule has 1 aliphatic heterocycles. The predicted octanol–water partition coefficient (Wildman–Crippen LogP) is 6.91. The molecule has 0 saturated heterocycles. The third kappa shape index (κ3) is 4.78. The molecule has 2 heterocycles.